The maximum atomic E-state index is 4.38. The molecule has 4 heteroatoms. The number of aryl methyl sites for hydroxylation is 1. The molecule has 2 aromatic rings. The Morgan fingerprint density at radius 2 is 2.00 bits per heavy atom. The first kappa shape index (κ1) is 13.6. The molecule has 0 aliphatic carbocycles. The molecule has 0 spiro atoms. The van der Waals surface area contributed by atoms with Crippen LogP contribution in [0.3, 0.4) is 0 Å². The van der Waals surface area contributed by atoms with Crippen LogP contribution in [-0.4, -0.2) is 38.6 Å². The Kier molecular flexibility index (Phi) is 3.74. The van der Waals surface area contributed by atoms with Crippen LogP contribution < -0.4 is 0 Å². The fourth-order valence-electron chi connectivity index (χ4n) is 3.11. The zero-order valence-electron chi connectivity index (χ0n) is 12.7. The van der Waals surface area contributed by atoms with Gasteiger partial charge in [0.05, 0.1) is 0 Å². The summed E-state index contributed by atoms with van der Waals surface area (Å²) in [5.74, 6) is 1.86. The summed E-state index contributed by atoms with van der Waals surface area (Å²) in [6, 6.07) is 4.90. The SMILES string of the molecule is Cc1ccn2c(CC3CCN(C(C)C)CC3)nnc2c1. The van der Waals surface area contributed by atoms with Crippen LogP contribution in [0.25, 0.3) is 5.65 Å². The standard InChI is InChI=1S/C16H24N4/c1-12(2)19-7-5-14(6-8-19)11-16-18-17-15-10-13(3)4-9-20(15)16/h4,9-10,12,14H,5-8,11H2,1-3H3. The molecule has 108 valence electrons. The van der Waals surface area contributed by atoms with Gasteiger partial charge in [-0.25, -0.2) is 0 Å². The van der Waals surface area contributed by atoms with Crippen molar-refractivity contribution in [3.8, 4) is 0 Å². The molecule has 0 aromatic carbocycles. The molecular formula is C16H24N4. The van der Waals surface area contributed by atoms with E-state index in [0.717, 1.165) is 23.8 Å². The van der Waals surface area contributed by atoms with Crippen molar-refractivity contribution in [2.45, 2.75) is 46.1 Å². The molecule has 0 atom stereocenters. The van der Waals surface area contributed by atoms with E-state index < -0.39 is 0 Å². The smallest absolute Gasteiger partial charge is 0.161 e. The predicted molar refractivity (Wildman–Crippen MR) is 80.9 cm³/mol. The Morgan fingerprint density at radius 1 is 1.25 bits per heavy atom. The van der Waals surface area contributed by atoms with Gasteiger partial charge in [-0.15, -0.1) is 10.2 Å². The number of likely N-dealkylation sites (tertiary alicyclic amines) is 1. The molecule has 2 aromatic heterocycles. The number of piperidine rings is 1. The lowest BCUT2D eigenvalue weighted by atomic mass is 9.92. The lowest BCUT2D eigenvalue weighted by molar-refractivity contribution is 0.148. The van der Waals surface area contributed by atoms with Crippen molar-refractivity contribution < 1.29 is 0 Å². The predicted octanol–water partition coefficient (Wildman–Crippen LogP) is 2.70. The van der Waals surface area contributed by atoms with Crippen LogP contribution in [0.1, 0.15) is 38.1 Å². The zero-order valence-corrected chi connectivity index (χ0v) is 12.7. The first-order valence-electron chi connectivity index (χ1n) is 7.68. The number of fused-ring (bicyclic) bond motifs is 1. The van der Waals surface area contributed by atoms with Gasteiger partial charge in [0.25, 0.3) is 0 Å². The van der Waals surface area contributed by atoms with Crippen molar-refractivity contribution >= 4 is 5.65 Å². The molecule has 0 N–H and O–H groups in total. The van der Waals surface area contributed by atoms with Crippen LogP contribution in [0.15, 0.2) is 18.3 Å². The molecule has 0 saturated carbocycles. The van der Waals surface area contributed by atoms with Gasteiger partial charge in [-0.2, -0.15) is 0 Å². The second-order valence-electron chi connectivity index (χ2n) is 6.33. The minimum absolute atomic E-state index is 0.674. The Balaban J connectivity index is 1.68. The van der Waals surface area contributed by atoms with Crippen LogP contribution in [0.2, 0.25) is 0 Å². The quantitative estimate of drug-likeness (QED) is 0.861. The van der Waals surface area contributed by atoms with Gasteiger partial charge in [-0.3, -0.25) is 4.40 Å². The maximum absolute atomic E-state index is 4.38. The van der Waals surface area contributed by atoms with E-state index in [1.54, 1.807) is 0 Å². The van der Waals surface area contributed by atoms with E-state index in [9.17, 15) is 0 Å². The first-order chi connectivity index (χ1) is 9.63. The van der Waals surface area contributed by atoms with E-state index in [0.29, 0.717) is 6.04 Å². The van der Waals surface area contributed by atoms with E-state index in [1.165, 1.54) is 31.5 Å². The largest absolute Gasteiger partial charge is 0.301 e. The molecule has 4 nitrogen and oxygen atoms in total. The molecule has 1 fully saturated rings. The number of rotatable bonds is 3. The van der Waals surface area contributed by atoms with E-state index in [-0.39, 0.29) is 0 Å². The summed E-state index contributed by atoms with van der Waals surface area (Å²) in [6.07, 6.45) is 5.71. The topological polar surface area (TPSA) is 33.4 Å². The Morgan fingerprint density at radius 3 is 2.70 bits per heavy atom. The maximum Gasteiger partial charge on any atom is 0.161 e. The second-order valence-corrected chi connectivity index (χ2v) is 6.33. The molecule has 3 rings (SSSR count). The molecule has 0 amide bonds. The number of nitrogens with zero attached hydrogens (tertiary/aromatic N) is 4. The van der Waals surface area contributed by atoms with Crippen LogP contribution in [0, 0.1) is 12.8 Å². The molecular weight excluding hydrogens is 248 g/mol. The Bertz CT molecular complexity index is 579. The normalized spacial score (nSPS) is 18.2. The highest BCUT2D eigenvalue weighted by Gasteiger charge is 2.22. The van der Waals surface area contributed by atoms with E-state index in [1.807, 2.05) is 0 Å². The highest BCUT2D eigenvalue weighted by Crippen LogP contribution is 2.22. The molecule has 3 heterocycles. The third kappa shape index (κ3) is 2.70. The van der Waals surface area contributed by atoms with E-state index in [4.69, 9.17) is 0 Å². The van der Waals surface area contributed by atoms with Crippen LogP contribution in [-0.2, 0) is 6.42 Å². The van der Waals surface area contributed by atoms with Crippen LogP contribution >= 0.6 is 0 Å². The van der Waals surface area contributed by atoms with Crippen molar-refractivity contribution in [2.24, 2.45) is 5.92 Å². The minimum atomic E-state index is 0.674. The van der Waals surface area contributed by atoms with Gasteiger partial charge in [0, 0.05) is 18.7 Å². The average molecular weight is 272 g/mol. The zero-order chi connectivity index (χ0) is 14.1. The Labute approximate surface area is 120 Å². The van der Waals surface area contributed by atoms with Gasteiger partial charge in [0.2, 0.25) is 0 Å². The van der Waals surface area contributed by atoms with E-state index in [2.05, 4.69) is 58.6 Å². The molecule has 0 radical (unpaired) electrons. The summed E-state index contributed by atoms with van der Waals surface area (Å²) in [5, 5.41) is 8.67. The summed E-state index contributed by atoms with van der Waals surface area (Å²) in [7, 11) is 0. The third-order valence-electron chi connectivity index (χ3n) is 4.49. The summed E-state index contributed by atoms with van der Waals surface area (Å²) < 4.78 is 2.14. The first-order valence-corrected chi connectivity index (χ1v) is 7.68. The van der Waals surface area contributed by atoms with Crippen molar-refractivity contribution in [3.63, 3.8) is 0 Å². The molecule has 1 saturated heterocycles. The summed E-state index contributed by atoms with van der Waals surface area (Å²) >= 11 is 0. The van der Waals surface area contributed by atoms with Crippen molar-refractivity contribution in [1.29, 1.82) is 0 Å². The van der Waals surface area contributed by atoms with Crippen molar-refractivity contribution in [3.05, 3.63) is 29.7 Å². The monoisotopic (exact) mass is 272 g/mol. The average Bonchev–Trinajstić information content (AvgIpc) is 2.81. The van der Waals surface area contributed by atoms with Gasteiger partial charge >= 0.3 is 0 Å². The number of aromatic nitrogens is 3. The molecule has 1 aliphatic rings. The number of pyridine rings is 1. The van der Waals surface area contributed by atoms with Gasteiger partial charge in [-0.1, -0.05) is 0 Å². The van der Waals surface area contributed by atoms with Crippen LogP contribution in [0.5, 0.6) is 0 Å². The van der Waals surface area contributed by atoms with Gasteiger partial charge in [0.15, 0.2) is 5.65 Å². The fourth-order valence-corrected chi connectivity index (χ4v) is 3.11. The third-order valence-corrected chi connectivity index (χ3v) is 4.49. The lowest BCUT2D eigenvalue weighted by Gasteiger charge is -2.34. The number of hydrogen-bond donors (Lipinski definition) is 0. The van der Waals surface area contributed by atoms with Gasteiger partial charge in [-0.05, 0) is 70.3 Å². The highest BCUT2D eigenvalue weighted by molar-refractivity contribution is 5.40. The van der Waals surface area contributed by atoms with Crippen molar-refractivity contribution in [2.75, 3.05) is 13.1 Å². The summed E-state index contributed by atoms with van der Waals surface area (Å²) in [6.45, 7) is 9.11. The molecule has 0 unspecified atom stereocenters. The summed E-state index contributed by atoms with van der Waals surface area (Å²) in [4.78, 5) is 2.57. The fraction of sp³-hybridized carbons (Fsp3) is 0.625. The molecule has 20 heavy (non-hydrogen) atoms. The number of hydrogen-bond acceptors (Lipinski definition) is 3. The van der Waals surface area contributed by atoms with Crippen molar-refractivity contribution in [1.82, 2.24) is 19.5 Å². The second kappa shape index (κ2) is 5.52. The molecule has 1 aliphatic heterocycles. The van der Waals surface area contributed by atoms with Gasteiger partial charge in [0.1, 0.15) is 5.82 Å². The summed E-state index contributed by atoms with van der Waals surface area (Å²) in [5.41, 5.74) is 2.21. The lowest BCUT2D eigenvalue weighted by Crippen LogP contribution is -2.38. The van der Waals surface area contributed by atoms with Gasteiger partial charge < -0.3 is 4.90 Å². The minimum Gasteiger partial charge on any atom is -0.301 e. The Hall–Kier alpha value is -1.42. The van der Waals surface area contributed by atoms with Crippen LogP contribution in [0.4, 0.5) is 0 Å². The highest BCUT2D eigenvalue weighted by atomic mass is 15.2. The molecule has 0 bridgehead atoms. The van der Waals surface area contributed by atoms with E-state index >= 15 is 0 Å².